The third-order valence-electron chi connectivity index (χ3n) is 5.99. The minimum atomic E-state index is -0.768. The van der Waals surface area contributed by atoms with Crippen molar-refractivity contribution in [2.45, 2.75) is 110 Å². The van der Waals surface area contributed by atoms with Crippen molar-refractivity contribution in [2.75, 3.05) is 13.2 Å². The Balaban J connectivity index is 2.50. The van der Waals surface area contributed by atoms with E-state index in [-0.39, 0.29) is 37.0 Å². The molecule has 32 heavy (non-hydrogen) atoms. The van der Waals surface area contributed by atoms with Gasteiger partial charge in [-0.3, -0.25) is 14.4 Å². The minimum Gasteiger partial charge on any atom is -0.462 e. The van der Waals surface area contributed by atoms with Crippen molar-refractivity contribution in [3.8, 4) is 0 Å². The number of hydrogen-bond acceptors (Lipinski definition) is 6. The predicted molar refractivity (Wildman–Crippen MR) is 125 cm³/mol. The number of carbonyl (C=O) groups is 3. The highest BCUT2D eigenvalue weighted by Gasteiger charge is 2.28. The smallest absolute Gasteiger partial charge is 0.309 e. The Morgan fingerprint density at radius 2 is 1.50 bits per heavy atom. The molecule has 6 nitrogen and oxygen atoms in total. The van der Waals surface area contributed by atoms with Crippen LogP contribution in [0, 0.1) is 11.8 Å². The summed E-state index contributed by atoms with van der Waals surface area (Å²) in [5.41, 5.74) is 0. The highest BCUT2D eigenvalue weighted by atomic mass is 16.6. The maximum atomic E-state index is 12.5. The first kappa shape index (κ1) is 28.2. The Labute approximate surface area is 194 Å². The van der Waals surface area contributed by atoms with E-state index in [0.717, 1.165) is 77.0 Å². The second-order valence-corrected chi connectivity index (χ2v) is 8.91. The molecular weight excluding hydrogens is 408 g/mol. The van der Waals surface area contributed by atoms with Crippen LogP contribution in [0.5, 0.6) is 0 Å². The first-order valence-corrected chi connectivity index (χ1v) is 12.6. The molecule has 0 aromatic carbocycles. The van der Waals surface area contributed by atoms with Crippen LogP contribution < -0.4 is 0 Å². The molecule has 3 unspecified atom stereocenters. The molecular formula is C26H44O6. The molecule has 1 aliphatic rings. The second-order valence-electron chi connectivity index (χ2n) is 8.91. The molecule has 0 aromatic heterocycles. The van der Waals surface area contributed by atoms with Crippen molar-refractivity contribution in [2.24, 2.45) is 11.8 Å². The summed E-state index contributed by atoms with van der Waals surface area (Å²) in [7, 11) is 0. The number of ether oxygens (including phenoxy) is 3. The van der Waals surface area contributed by atoms with Gasteiger partial charge in [-0.1, -0.05) is 64.9 Å². The van der Waals surface area contributed by atoms with Gasteiger partial charge in [0, 0.05) is 12.8 Å². The molecule has 1 aliphatic carbocycles. The lowest BCUT2D eigenvalue weighted by molar-refractivity contribution is -0.169. The monoisotopic (exact) mass is 452 g/mol. The number of allylic oxidation sites excluding steroid dienone is 1. The van der Waals surface area contributed by atoms with Crippen molar-refractivity contribution >= 4 is 17.9 Å². The molecule has 184 valence electrons. The van der Waals surface area contributed by atoms with E-state index in [1.54, 1.807) is 0 Å². The maximum Gasteiger partial charge on any atom is 0.309 e. The van der Waals surface area contributed by atoms with E-state index in [1.165, 1.54) is 0 Å². The Morgan fingerprint density at radius 3 is 2.12 bits per heavy atom. The maximum absolute atomic E-state index is 12.5. The van der Waals surface area contributed by atoms with Crippen molar-refractivity contribution in [1.82, 2.24) is 0 Å². The third kappa shape index (κ3) is 12.9. The van der Waals surface area contributed by atoms with E-state index in [4.69, 9.17) is 14.2 Å². The molecule has 0 aromatic rings. The zero-order valence-electron chi connectivity index (χ0n) is 20.3. The molecule has 0 aliphatic heterocycles. The van der Waals surface area contributed by atoms with Crippen LogP contribution in [0.3, 0.4) is 0 Å². The van der Waals surface area contributed by atoms with E-state index < -0.39 is 6.10 Å². The van der Waals surface area contributed by atoms with Gasteiger partial charge in [0.1, 0.15) is 13.2 Å². The van der Waals surface area contributed by atoms with Gasteiger partial charge >= 0.3 is 17.9 Å². The van der Waals surface area contributed by atoms with Crippen LogP contribution in [0.25, 0.3) is 0 Å². The quantitative estimate of drug-likeness (QED) is 0.118. The molecule has 1 rings (SSSR count). The summed E-state index contributed by atoms with van der Waals surface area (Å²) >= 11 is 0. The van der Waals surface area contributed by atoms with Gasteiger partial charge in [0.25, 0.3) is 0 Å². The molecule has 1 saturated carbocycles. The van der Waals surface area contributed by atoms with E-state index in [0.29, 0.717) is 18.8 Å². The summed E-state index contributed by atoms with van der Waals surface area (Å²) in [4.78, 5) is 36.8. The lowest BCUT2D eigenvalue weighted by atomic mass is 9.81. The number of unbranched alkanes of at least 4 members (excludes halogenated alkanes) is 6. The van der Waals surface area contributed by atoms with Gasteiger partial charge in [0.05, 0.1) is 5.92 Å². The van der Waals surface area contributed by atoms with Crippen LogP contribution in [-0.4, -0.2) is 37.2 Å². The summed E-state index contributed by atoms with van der Waals surface area (Å²) in [6.45, 7) is 7.90. The fourth-order valence-corrected chi connectivity index (χ4v) is 3.96. The van der Waals surface area contributed by atoms with Crippen LogP contribution in [-0.2, 0) is 28.6 Å². The fourth-order valence-electron chi connectivity index (χ4n) is 3.96. The van der Waals surface area contributed by atoms with Crippen molar-refractivity contribution < 1.29 is 28.6 Å². The summed E-state index contributed by atoms with van der Waals surface area (Å²) < 4.78 is 16.3. The SMILES string of the molecule is C=CC1CCCC(C(=O)OCC(COC(=O)CCCCCC)OC(=O)CCCCCC)C1. The second kappa shape index (κ2) is 17.7. The van der Waals surface area contributed by atoms with E-state index in [9.17, 15) is 14.4 Å². The van der Waals surface area contributed by atoms with E-state index in [2.05, 4.69) is 20.4 Å². The van der Waals surface area contributed by atoms with Crippen molar-refractivity contribution in [3.05, 3.63) is 12.7 Å². The van der Waals surface area contributed by atoms with Gasteiger partial charge in [-0.05, 0) is 38.0 Å². The van der Waals surface area contributed by atoms with Crippen LogP contribution >= 0.6 is 0 Å². The standard InChI is InChI=1S/C26H44O6/c1-4-7-9-11-16-24(27)30-19-23(32-25(28)17-12-10-8-5-2)20-31-26(29)22-15-13-14-21(6-3)18-22/h6,21-23H,3-5,7-20H2,1-2H3. The molecule has 0 spiro atoms. The van der Waals surface area contributed by atoms with Crippen molar-refractivity contribution in [1.29, 1.82) is 0 Å². The Hall–Kier alpha value is -1.85. The van der Waals surface area contributed by atoms with Gasteiger partial charge in [0.2, 0.25) is 0 Å². The molecule has 0 heterocycles. The summed E-state index contributed by atoms with van der Waals surface area (Å²) in [5, 5.41) is 0. The van der Waals surface area contributed by atoms with Crippen LogP contribution in [0.15, 0.2) is 12.7 Å². The highest BCUT2D eigenvalue weighted by Crippen LogP contribution is 2.30. The van der Waals surface area contributed by atoms with E-state index >= 15 is 0 Å². The highest BCUT2D eigenvalue weighted by molar-refractivity contribution is 5.73. The normalized spacial score (nSPS) is 19.1. The number of hydrogen-bond donors (Lipinski definition) is 0. The molecule has 1 fully saturated rings. The van der Waals surface area contributed by atoms with Gasteiger partial charge < -0.3 is 14.2 Å². The fraction of sp³-hybridized carbons (Fsp3) is 0.808. The Bertz CT molecular complexity index is 559. The lowest BCUT2D eigenvalue weighted by Gasteiger charge is -2.26. The molecule has 3 atom stereocenters. The first-order valence-electron chi connectivity index (χ1n) is 12.6. The summed E-state index contributed by atoms with van der Waals surface area (Å²) in [6, 6.07) is 0. The average Bonchev–Trinajstić information content (AvgIpc) is 2.81. The molecule has 0 radical (unpaired) electrons. The van der Waals surface area contributed by atoms with Crippen LogP contribution in [0.1, 0.15) is 104 Å². The Morgan fingerprint density at radius 1 is 0.875 bits per heavy atom. The topological polar surface area (TPSA) is 78.9 Å². The molecule has 0 N–H and O–H groups in total. The summed E-state index contributed by atoms with van der Waals surface area (Å²) in [5.74, 6) is -0.737. The average molecular weight is 453 g/mol. The van der Waals surface area contributed by atoms with Crippen LogP contribution in [0.2, 0.25) is 0 Å². The number of carbonyl (C=O) groups excluding carboxylic acids is 3. The molecule has 6 heteroatoms. The third-order valence-corrected chi connectivity index (χ3v) is 5.99. The van der Waals surface area contributed by atoms with E-state index in [1.807, 2.05) is 6.08 Å². The zero-order chi connectivity index (χ0) is 23.6. The molecule has 0 saturated heterocycles. The zero-order valence-corrected chi connectivity index (χ0v) is 20.3. The van der Waals surface area contributed by atoms with Gasteiger partial charge in [0.15, 0.2) is 6.10 Å². The van der Waals surface area contributed by atoms with Crippen LogP contribution in [0.4, 0.5) is 0 Å². The number of rotatable bonds is 17. The van der Waals surface area contributed by atoms with Gasteiger partial charge in [-0.15, -0.1) is 6.58 Å². The Kier molecular flexibility index (Phi) is 15.6. The minimum absolute atomic E-state index is 0.0828. The summed E-state index contributed by atoms with van der Waals surface area (Å²) in [6.07, 6.45) is 13.3. The lowest BCUT2D eigenvalue weighted by Crippen LogP contribution is -2.33. The van der Waals surface area contributed by atoms with Gasteiger partial charge in [-0.25, -0.2) is 0 Å². The van der Waals surface area contributed by atoms with Crippen molar-refractivity contribution in [3.63, 3.8) is 0 Å². The first-order chi connectivity index (χ1) is 15.5. The van der Waals surface area contributed by atoms with Gasteiger partial charge in [-0.2, -0.15) is 0 Å². The molecule has 0 amide bonds. The number of esters is 3. The predicted octanol–water partition coefficient (Wildman–Crippen LogP) is 5.92. The largest absolute Gasteiger partial charge is 0.462 e. The molecule has 0 bridgehead atoms.